The summed E-state index contributed by atoms with van der Waals surface area (Å²) in [5, 5.41) is 5.83. The van der Waals surface area contributed by atoms with E-state index in [0.29, 0.717) is 35.0 Å². The van der Waals surface area contributed by atoms with Crippen LogP contribution >= 0.6 is 0 Å². The minimum Gasteiger partial charge on any atom is -0.494 e. The van der Waals surface area contributed by atoms with Crippen LogP contribution in [-0.2, 0) is 14.4 Å². The van der Waals surface area contributed by atoms with Gasteiger partial charge in [-0.25, -0.2) is 4.90 Å². The van der Waals surface area contributed by atoms with E-state index in [-0.39, 0.29) is 17.2 Å². The second kappa shape index (κ2) is 10.0. The third-order valence-corrected chi connectivity index (χ3v) is 5.17. The first-order chi connectivity index (χ1) is 16.5. The van der Waals surface area contributed by atoms with Gasteiger partial charge in [0.05, 0.1) is 17.9 Å². The minimum atomic E-state index is -0.462. The standard InChI is InChI=1S/C27H25N3O4/c1-3-16-34-23-11-7-10-21(17-23)29-25-24(19-8-5-4-6-9-19)26(32)30(27(25)33)22-14-12-20(13-15-22)28-18(2)31/h4-15,17,29H,3,16H2,1-2H3,(H,28,31). The van der Waals surface area contributed by atoms with Crippen molar-refractivity contribution in [3.05, 3.63) is 90.1 Å². The zero-order valence-electron chi connectivity index (χ0n) is 19.0. The second-order valence-electron chi connectivity index (χ2n) is 7.79. The van der Waals surface area contributed by atoms with Gasteiger partial charge >= 0.3 is 0 Å². The molecule has 34 heavy (non-hydrogen) atoms. The summed E-state index contributed by atoms with van der Waals surface area (Å²) in [7, 11) is 0. The molecule has 1 aliphatic rings. The fourth-order valence-electron chi connectivity index (χ4n) is 3.68. The number of carbonyl (C=O) groups excluding carboxylic acids is 3. The topological polar surface area (TPSA) is 87.7 Å². The van der Waals surface area contributed by atoms with Crippen molar-refractivity contribution in [2.45, 2.75) is 20.3 Å². The summed E-state index contributed by atoms with van der Waals surface area (Å²) in [6, 6.07) is 22.9. The van der Waals surface area contributed by atoms with E-state index in [9.17, 15) is 14.4 Å². The van der Waals surface area contributed by atoms with E-state index in [4.69, 9.17) is 4.74 Å². The lowest BCUT2D eigenvalue weighted by molar-refractivity contribution is -0.120. The van der Waals surface area contributed by atoms with Crippen LogP contribution < -0.4 is 20.3 Å². The van der Waals surface area contributed by atoms with Crippen molar-refractivity contribution in [1.82, 2.24) is 0 Å². The van der Waals surface area contributed by atoms with Crippen molar-refractivity contribution in [2.75, 3.05) is 22.1 Å². The number of rotatable bonds is 8. The first-order valence-electron chi connectivity index (χ1n) is 11.0. The van der Waals surface area contributed by atoms with Gasteiger partial charge in [0.25, 0.3) is 11.8 Å². The monoisotopic (exact) mass is 455 g/mol. The summed E-state index contributed by atoms with van der Waals surface area (Å²) in [5.74, 6) is -0.415. The molecule has 3 amide bonds. The number of carbonyl (C=O) groups is 3. The molecule has 0 radical (unpaired) electrons. The average Bonchev–Trinajstić information content (AvgIpc) is 3.08. The predicted octanol–water partition coefficient (Wildman–Crippen LogP) is 4.83. The summed E-state index contributed by atoms with van der Waals surface area (Å²) in [6.07, 6.45) is 0.879. The highest BCUT2D eigenvalue weighted by Gasteiger charge is 2.40. The van der Waals surface area contributed by atoms with Crippen molar-refractivity contribution >= 4 is 40.4 Å². The quantitative estimate of drug-likeness (QED) is 0.475. The Morgan fingerprint density at radius 3 is 2.29 bits per heavy atom. The number of imide groups is 1. The molecule has 0 fully saturated rings. The van der Waals surface area contributed by atoms with Gasteiger partial charge in [-0.05, 0) is 48.4 Å². The Bertz CT molecular complexity index is 1250. The molecule has 2 N–H and O–H groups in total. The Hall–Kier alpha value is -4.39. The molecule has 7 nitrogen and oxygen atoms in total. The molecule has 0 saturated heterocycles. The molecule has 172 valence electrons. The molecule has 1 heterocycles. The molecule has 3 aromatic rings. The zero-order valence-corrected chi connectivity index (χ0v) is 19.0. The normalized spacial score (nSPS) is 13.3. The maximum absolute atomic E-state index is 13.5. The predicted molar refractivity (Wildman–Crippen MR) is 132 cm³/mol. The highest BCUT2D eigenvalue weighted by atomic mass is 16.5. The lowest BCUT2D eigenvalue weighted by Gasteiger charge is -2.16. The molecule has 0 aromatic heterocycles. The maximum Gasteiger partial charge on any atom is 0.282 e. The average molecular weight is 456 g/mol. The van der Waals surface area contributed by atoms with Crippen LogP contribution in [-0.4, -0.2) is 24.3 Å². The lowest BCUT2D eigenvalue weighted by Crippen LogP contribution is -2.32. The largest absolute Gasteiger partial charge is 0.494 e. The molecule has 0 unspecified atom stereocenters. The van der Waals surface area contributed by atoms with E-state index >= 15 is 0 Å². The van der Waals surface area contributed by atoms with E-state index in [1.54, 1.807) is 42.5 Å². The van der Waals surface area contributed by atoms with Crippen LogP contribution in [0.2, 0.25) is 0 Å². The van der Waals surface area contributed by atoms with Gasteiger partial charge in [-0.1, -0.05) is 43.3 Å². The summed E-state index contributed by atoms with van der Waals surface area (Å²) >= 11 is 0. The van der Waals surface area contributed by atoms with Crippen LogP contribution in [0.1, 0.15) is 25.8 Å². The fourth-order valence-corrected chi connectivity index (χ4v) is 3.68. The summed E-state index contributed by atoms with van der Waals surface area (Å²) in [6.45, 7) is 4.03. The molecule has 0 aliphatic carbocycles. The highest BCUT2D eigenvalue weighted by Crippen LogP contribution is 2.34. The molecular formula is C27H25N3O4. The fraction of sp³-hybridized carbons (Fsp3) is 0.148. The van der Waals surface area contributed by atoms with Gasteiger partial charge < -0.3 is 15.4 Å². The van der Waals surface area contributed by atoms with Crippen molar-refractivity contribution in [3.63, 3.8) is 0 Å². The maximum atomic E-state index is 13.5. The molecule has 0 bridgehead atoms. The van der Waals surface area contributed by atoms with Crippen LogP contribution in [0.15, 0.2) is 84.6 Å². The first-order valence-corrected chi connectivity index (χ1v) is 11.0. The van der Waals surface area contributed by atoms with Gasteiger partial charge in [-0.3, -0.25) is 14.4 Å². The van der Waals surface area contributed by atoms with Crippen LogP contribution in [0.3, 0.4) is 0 Å². The number of amides is 3. The molecular weight excluding hydrogens is 430 g/mol. The first kappa shape index (κ1) is 22.8. The minimum absolute atomic E-state index is 0.190. The number of hydrogen-bond acceptors (Lipinski definition) is 5. The van der Waals surface area contributed by atoms with Crippen molar-refractivity contribution < 1.29 is 19.1 Å². The van der Waals surface area contributed by atoms with Crippen molar-refractivity contribution in [3.8, 4) is 5.75 Å². The summed E-state index contributed by atoms with van der Waals surface area (Å²) in [4.78, 5) is 39.5. The highest BCUT2D eigenvalue weighted by molar-refractivity contribution is 6.46. The van der Waals surface area contributed by atoms with E-state index in [2.05, 4.69) is 10.6 Å². The Morgan fingerprint density at radius 2 is 1.62 bits per heavy atom. The summed E-state index contributed by atoms with van der Waals surface area (Å²) in [5.41, 5.74) is 2.74. The Balaban J connectivity index is 1.70. The Morgan fingerprint density at radius 1 is 0.882 bits per heavy atom. The number of ether oxygens (including phenoxy) is 1. The number of nitrogens with zero attached hydrogens (tertiary/aromatic N) is 1. The van der Waals surface area contributed by atoms with Gasteiger partial charge in [0.2, 0.25) is 5.91 Å². The zero-order chi connectivity index (χ0) is 24.1. The van der Waals surface area contributed by atoms with Crippen molar-refractivity contribution in [1.29, 1.82) is 0 Å². The number of hydrogen-bond donors (Lipinski definition) is 2. The van der Waals surface area contributed by atoms with Crippen LogP contribution in [0.25, 0.3) is 5.57 Å². The molecule has 0 saturated carbocycles. The van der Waals surface area contributed by atoms with Gasteiger partial charge in [0.15, 0.2) is 0 Å². The summed E-state index contributed by atoms with van der Waals surface area (Å²) < 4.78 is 5.70. The van der Waals surface area contributed by atoms with Gasteiger partial charge in [-0.15, -0.1) is 0 Å². The lowest BCUT2D eigenvalue weighted by atomic mass is 10.0. The second-order valence-corrected chi connectivity index (χ2v) is 7.79. The molecule has 0 spiro atoms. The van der Waals surface area contributed by atoms with E-state index < -0.39 is 11.8 Å². The molecule has 3 aromatic carbocycles. The number of benzene rings is 3. The van der Waals surface area contributed by atoms with E-state index in [1.165, 1.54) is 6.92 Å². The smallest absolute Gasteiger partial charge is 0.282 e. The third kappa shape index (κ3) is 4.83. The SMILES string of the molecule is CCCOc1cccc(NC2=C(c3ccccc3)C(=O)N(c3ccc(NC(C)=O)cc3)C2=O)c1. The molecule has 4 rings (SSSR count). The molecule has 7 heteroatoms. The molecule has 0 atom stereocenters. The van der Waals surface area contributed by atoms with E-state index in [0.717, 1.165) is 11.3 Å². The van der Waals surface area contributed by atoms with Gasteiger partial charge in [0.1, 0.15) is 11.4 Å². The molecule has 1 aliphatic heterocycles. The number of anilines is 3. The Labute approximate surface area is 198 Å². The van der Waals surface area contributed by atoms with E-state index in [1.807, 2.05) is 43.3 Å². The van der Waals surface area contributed by atoms with Gasteiger partial charge in [0, 0.05) is 24.4 Å². The van der Waals surface area contributed by atoms with Crippen LogP contribution in [0.5, 0.6) is 5.75 Å². The van der Waals surface area contributed by atoms with Crippen LogP contribution in [0.4, 0.5) is 17.1 Å². The van der Waals surface area contributed by atoms with Crippen LogP contribution in [0, 0.1) is 0 Å². The third-order valence-electron chi connectivity index (χ3n) is 5.17. The van der Waals surface area contributed by atoms with Crippen molar-refractivity contribution in [2.24, 2.45) is 0 Å². The Kier molecular flexibility index (Phi) is 6.73. The van der Waals surface area contributed by atoms with Gasteiger partial charge in [-0.2, -0.15) is 0 Å². The number of nitrogens with one attached hydrogen (secondary N) is 2.